The zero-order valence-electron chi connectivity index (χ0n) is 6.65. The van der Waals surface area contributed by atoms with E-state index < -0.39 is 0 Å². The van der Waals surface area contributed by atoms with E-state index in [0.717, 1.165) is 11.3 Å². The van der Waals surface area contributed by atoms with Crippen LogP contribution in [0.5, 0.6) is 0 Å². The predicted octanol–water partition coefficient (Wildman–Crippen LogP) is 2.21. The Kier molecular flexibility index (Phi) is 3.07. The molecule has 0 aromatic carbocycles. The quantitative estimate of drug-likeness (QED) is 0.534. The number of hydrogen-bond donors (Lipinski definition) is 1. The first kappa shape index (κ1) is 8.28. The van der Waals surface area contributed by atoms with Crippen LogP contribution in [0.2, 0.25) is 0 Å². The van der Waals surface area contributed by atoms with Crippen molar-refractivity contribution in [1.29, 1.82) is 0 Å². The van der Waals surface area contributed by atoms with Gasteiger partial charge in [0.05, 0.1) is 0 Å². The molecule has 0 rings (SSSR count). The summed E-state index contributed by atoms with van der Waals surface area (Å²) >= 11 is 0. The van der Waals surface area contributed by atoms with Crippen LogP contribution >= 0.6 is 0 Å². The molecule has 52 valence electrons. The highest BCUT2D eigenvalue weighted by Crippen LogP contribution is 2.06. The molecule has 9 heavy (non-hydrogen) atoms. The molecule has 0 spiro atoms. The minimum atomic E-state index is 0.914. The van der Waals surface area contributed by atoms with Crippen LogP contribution in [0.1, 0.15) is 27.7 Å². The maximum absolute atomic E-state index is 5.68. The highest BCUT2D eigenvalue weighted by Gasteiger charge is 1.92. The van der Waals surface area contributed by atoms with E-state index in [9.17, 15) is 0 Å². The van der Waals surface area contributed by atoms with E-state index in [1.165, 1.54) is 5.57 Å². The Balaban J connectivity index is 4.40. The molecule has 0 aromatic rings. The molecule has 0 aromatic heterocycles. The van der Waals surface area contributed by atoms with Crippen LogP contribution in [-0.4, -0.2) is 0 Å². The van der Waals surface area contributed by atoms with Gasteiger partial charge in [-0.15, -0.1) is 0 Å². The normalized spacial score (nSPS) is 11.3. The molecule has 0 radical (unpaired) electrons. The summed E-state index contributed by atoms with van der Waals surface area (Å²) in [6, 6.07) is 0. The van der Waals surface area contributed by atoms with Gasteiger partial charge in [-0.25, -0.2) is 0 Å². The summed E-state index contributed by atoms with van der Waals surface area (Å²) in [5.41, 5.74) is 8.94. The minimum absolute atomic E-state index is 0.914. The number of allylic oxidation sites excluding steroid dienone is 3. The van der Waals surface area contributed by atoms with Crippen molar-refractivity contribution in [1.82, 2.24) is 0 Å². The van der Waals surface area contributed by atoms with Gasteiger partial charge in [0.25, 0.3) is 0 Å². The van der Waals surface area contributed by atoms with Crippen molar-refractivity contribution in [2.45, 2.75) is 27.7 Å². The smallest absolute Gasteiger partial charge is 0.0326 e. The van der Waals surface area contributed by atoms with Crippen molar-refractivity contribution >= 4 is 0 Å². The van der Waals surface area contributed by atoms with Gasteiger partial charge in [-0.3, -0.25) is 0 Å². The summed E-state index contributed by atoms with van der Waals surface area (Å²) in [5, 5.41) is 0. The Labute approximate surface area is 57.3 Å². The van der Waals surface area contributed by atoms with Crippen LogP contribution in [0.15, 0.2) is 22.9 Å². The second kappa shape index (κ2) is 3.33. The Morgan fingerprint density at radius 3 is 1.78 bits per heavy atom. The Morgan fingerprint density at radius 2 is 1.67 bits per heavy atom. The SMILES string of the molecule is C/C=C(/C)C(N)=C(C)C. The molecule has 0 bridgehead atoms. The summed E-state index contributed by atoms with van der Waals surface area (Å²) < 4.78 is 0. The highest BCUT2D eigenvalue weighted by atomic mass is 14.6. The molecule has 1 nitrogen and oxygen atoms in total. The van der Waals surface area contributed by atoms with Gasteiger partial charge in [0, 0.05) is 5.70 Å². The fourth-order valence-corrected chi connectivity index (χ4v) is 0.550. The van der Waals surface area contributed by atoms with E-state index in [1.807, 2.05) is 33.8 Å². The predicted molar refractivity (Wildman–Crippen MR) is 42.0 cm³/mol. The molecule has 0 atom stereocenters. The summed E-state index contributed by atoms with van der Waals surface area (Å²) in [6.45, 7) is 8.04. The van der Waals surface area contributed by atoms with Gasteiger partial charge >= 0.3 is 0 Å². The molecule has 0 saturated heterocycles. The van der Waals surface area contributed by atoms with E-state index in [0.29, 0.717) is 0 Å². The largest absolute Gasteiger partial charge is 0.399 e. The third kappa shape index (κ3) is 2.36. The van der Waals surface area contributed by atoms with Crippen molar-refractivity contribution in [3.8, 4) is 0 Å². The maximum atomic E-state index is 5.68. The number of rotatable bonds is 1. The minimum Gasteiger partial charge on any atom is -0.399 e. The lowest BCUT2D eigenvalue weighted by atomic mass is 10.1. The Hall–Kier alpha value is -0.720. The van der Waals surface area contributed by atoms with Crippen LogP contribution in [0.3, 0.4) is 0 Å². The van der Waals surface area contributed by atoms with E-state index in [4.69, 9.17) is 5.73 Å². The van der Waals surface area contributed by atoms with Crippen LogP contribution in [0, 0.1) is 0 Å². The molecule has 0 aliphatic rings. The molecular weight excluding hydrogens is 110 g/mol. The fourth-order valence-electron chi connectivity index (χ4n) is 0.550. The molecule has 0 unspecified atom stereocenters. The third-order valence-electron chi connectivity index (χ3n) is 1.40. The van der Waals surface area contributed by atoms with Crippen molar-refractivity contribution in [2.24, 2.45) is 5.73 Å². The topological polar surface area (TPSA) is 26.0 Å². The zero-order valence-corrected chi connectivity index (χ0v) is 6.65. The lowest BCUT2D eigenvalue weighted by Crippen LogP contribution is -2.00. The average Bonchev–Trinajstić information content (AvgIpc) is 1.84. The molecular formula is C8H15N. The second-order valence-electron chi connectivity index (χ2n) is 2.39. The average molecular weight is 125 g/mol. The standard InChI is InChI=1S/C8H15N/c1-5-7(4)8(9)6(2)3/h5H,9H2,1-4H3/b7-5-. The fraction of sp³-hybridized carbons (Fsp3) is 0.500. The molecule has 2 N–H and O–H groups in total. The second-order valence-corrected chi connectivity index (χ2v) is 2.39. The van der Waals surface area contributed by atoms with Crippen LogP contribution < -0.4 is 5.73 Å². The summed E-state index contributed by atoms with van der Waals surface area (Å²) in [7, 11) is 0. The van der Waals surface area contributed by atoms with Gasteiger partial charge in [0.1, 0.15) is 0 Å². The van der Waals surface area contributed by atoms with Gasteiger partial charge in [-0.05, 0) is 33.3 Å². The van der Waals surface area contributed by atoms with Gasteiger partial charge in [-0.2, -0.15) is 0 Å². The maximum Gasteiger partial charge on any atom is 0.0326 e. The molecule has 1 heteroatoms. The first-order chi connectivity index (χ1) is 4.09. The molecule has 0 amide bonds. The van der Waals surface area contributed by atoms with Crippen molar-refractivity contribution in [3.63, 3.8) is 0 Å². The monoisotopic (exact) mass is 125 g/mol. The number of nitrogens with two attached hydrogens (primary N) is 1. The Bertz CT molecular complexity index is 148. The van der Waals surface area contributed by atoms with Crippen molar-refractivity contribution in [2.75, 3.05) is 0 Å². The van der Waals surface area contributed by atoms with Crippen LogP contribution in [0.4, 0.5) is 0 Å². The van der Waals surface area contributed by atoms with E-state index >= 15 is 0 Å². The summed E-state index contributed by atoms with van der Waals surface area (Å²) in [6.07, 6.45) is 2.02. The van der Waals surface area contributed by atoms with Gasteiger partial charge in [0.15, 0.2) is 0 Å². The Morgan fingerprint density at radius 1 is 1.22 bits per heavy atom. The molecule has 0 aliphatic carbocycles. The zero-order chi connectivity index (χ0) is 7.44. The third-order valence-corrected chi connectivity index (χ3v) is 1.40. The first-order valence-corrected chi connectivity index (χ1v) is 3.15. The highest BCUT2D eigenvalue weighted by molar-refractivity contribution is 5.28. The van der Waals surface area contributed by atoms with Gasteiger partial charge < -0.3 is 5.73 Å². The van der Waals surface area contributed by atoms with E-state index in [2.05, 4.69) is 0 Å². The molecule has 0 aliphatic heterocycles. The van der Waals surface area contributed by atoms with E-state index in [1.54, 1.807) is 0 Å². The first-order valence-electron chi connectivity index (χ1n) is 3.15. The lowest BCUT2D eigenvalue weighted by Gasteiger charge is -2.01. The van der Waals surface area contributed by atoms with Gasteiger partial charge in [-0.1, -0.05) is 11.6 Å². The van der Waals surface area contributed by atoms with Gasteiger partial charge in [0.2, 0.25) is 0 Å². The summed E-state index contributed by atoms with van der Waals surface area (Å²) in [4.78, 5) is 0. The molecule has 0 heterocycles. The number of hydrogen-bond acceptors (Lipinski definition) is 1. The van der Waals surface area contributed by atoms with Crippen LogP contribution in [0.25, 0.3) is 0 Å². The van der Waals surface area contributed by atoms with E-state index in [-0.39, 0.29) is 0 Å². The summed E-state index contributed by atoms with van der Waals surface area (Å²) in [5.74, 6) is 0. The molecule has 0 saturated carbocycles. The molecule has 0 fully saturated rings. The van der Waals surface area contributed by atoms with Crippen molar-refractivity contribution < 1.29 is 0 Å². The lowest BCUT2D eigenvalue weighted by molar-refractivity contribution is 1.18. The van der Waals surface area contributed by atoms with Crippen LogP contribution in [-0.2, 0) is 0 Å². The van der Waals surface area contributed by atoms with Crippen molar-refractivity contribution in [3.05, 3.63) is 22.9 Å².